The Morgan fingerprint density at radius 3 is 3.00 bits per heavy atom. The van der Waals surface area contributed by atoms with Gasteiger partial charge in [0.15, 0.2) is 0 Å². The van der Waals surface area contributed by atoms with Gasteiger partial charge in [-0.3, -0.25) is 0 Å². The lowest BCUT2D eigenvalue weighted by Gasteiger charge is -2.13. The summed E-state index contributed by atoms with van der Waals surface area (Å²) < 4.78 is 0. The highest BCUT2D eigenvalue weighted by atomic mass is 16.7. The molecule has 0 N–H and O–H groups in total. The fraction of sp³-hybridized carbons (Fsp3) is 0.333. The molecule has 2 aromatic rings. The van der Waals surface area contributed by atoms with Crippen LogP contribution in [0.5, 0.6) is 0 Å². The monoisotopic (exact) mass is 220 g/mol. The van der Waals surface area contributed by atoms with Crippen LogP contribution in [0, 0.1) is 0 Å². The van der Waals surface area contributed by atoms with Crippen molar-refractivity contribution in [1.82, 2.24) is 25.0 Å². The largest absolute Gasteiger partial charge is 0.331 e. The third-order valence-electron chi connectivity index (χ3n) is 1.92. The van der Waals surface area contributed by atoms with Gasteiger partial charge in [0.2, 0.25) is 5.65 Å². The van der Waals surface area contributed by atoms with Crippen LogP contribution in [0.2, 0.25) is 0 Å². The summed E-state index contributed by atoms with van der Waals surface area (Å²) in [5, 5.41) is 7.76. The molecule has 7 heteroatoms. The van der Waals surface area contributed by atoms with Gasteiger partial charge >= 0.3 is 6.02 Å². The first-order valence-corrected chi connectivity index (χ1v) is 4.71. The van der Waals surface area contributed by atoms with E-state index in [0.29, 0.717) is 17.2 Å². The summed E-state index contributed by atoms with van der Waals surface area (Å²) in [6, 6.07) is 4.04. The van der Waals surface area contributed by atoms with E-state index < -0.39 is 0 Å². The Morgan fingerprint density at radius 1 is 1.50 bits per heavy atom. The average molecular weight is 220 g/mol. The molecule has 0 radical (unpaired) electrons. The minimum atomic E-state index is 0.428. The first-order chi connectivity index (χ1) is 7.72. The predicted molar refractivity (Wildman–Crippen MR) is 58.9 cm³/mol. The fourth-order valence-electron chi connectivity index (χ4n) is 1.21. The lowest BCUT2D eigenvalue weighted by atomic mass is 10.4. The van der Waals surface area contributed by atoms with E-state index in [1.54, 1.807) is 24.2 Å². The van der Waals surface area contributed by atoms with Crippen molar-refractivity contribution in [3.8, 4) is 0 Å². The first kappa shape index (κ1) is 10.3. The maximum Gasteiger partial charge on any atom is 0.316 e. The lowest BCUT2D eigenvalue weighted by molar-refractivity contribution is 0.192. The molecule has 0 saturated heterocycles. The van der Waals surface area contributed by atoms with Gasteiger partial charge in [0.05, 0.1) is 0 Å². The Kier molecular flexibility index (Phi) is 2.67. The molecule has 0 fully saturated rings. The Labute approximate surface area is 92.3 Å². The molecule has 0 unspecified atom stereocenters. The Bertz CT molecular complexity index is 517. The van der Waals surface area contributed by atoms with Crippen molar-refractivity contribution in [2.75, 3.05) is 21.1 Å². The summed E-state index contributed by atoms with van der Waals surface area (Å²) in [4.78, 5) is 16.5. The van der Waals surface area contributed by atoms with Crippen LogP contribution in [0.3, 0.4) is 0 Å². The van der Waals surface area contributed by atoms with Gasteiger partial charge in [-0.25, -0.2) is 9.98 Å². The summed E-state index contributed by atoms with van der Waals surface area (Å²) in [7, 11) is 5.30. The molecule has 0 bridgehead atoms. The van der Waals surface area contributed by atoms with Crippen LogP contribution >= 0.6 is 0 Å². The third kappa shape index (κ3) is 1.79. The Hall–Kier alpha value is -2.18. The van der Waals surface area contributed by atoms with E-state index in [4.69, 9.17) is 4.84 Å². The Morgan fingerprint density at radius 2 is 2.31 bits per heavy atom. The van der Waals surface area contributed by atoms with Gasteiger partial charge in [0, 0.05) is 27.3 Å². The second kappa shape index (κ2) is 4.13. The van der Waals surface area contributed by atoms with Crippen molar-refractivity contribution in [3.63, 3.8) is 0 Å². The molecule has 0 spiro atoms. The predicted octanol–water partition coefficient (Wildman–Crippen LogP) is -0.198. The van der Waals surface area contributed by atoms with Crippen molar-refractivity contribution in [1.29, 1.82) is 0 Å². The van der Waals surface area contributed by atoms with Crippen LogP contribution in [0.4, 0.5) is 0 Å². The fourth-order valence-corrected chi connectivity index (χ4v) is 1.21. The van der Waals surface area contributed by atoms with Crippen molar-refractivity contribution >= 4 is 17.2 Å². The summed E-state index contributed by atoms with van der Waals surface area (Å²) in [5.41, 5.74) is 1.24. The van der Waals surface area contributed by atoms with Gasteiger partial charge < -0.3 is 9.74 Å². The number of hydrogen-bond donors (Lipinski definition) is 0. The molecule has 0 atom stereocenters. The lowest BCUT2D eigenvalue weighted by Crippen LogP contribution is -2.33. The van der Waals surface area contributed by atoms with Gasteiger partial charge in [0.25, 0.3) is 0 Å². The van der Waals surface area contributed by atoms with Crippen molar-refractivity contribution in [2.45, 2.75) is 0 Å². The minimum absolute atomic E-state index is 0.428. The molecule has 7 nitrogen and oxygen atoms in total. The maximum atomic E-state index is 5.43. The maximum absolute atomic E-state index is 5.43. The van der Waals surface area contributed by atoms with Crippen LogP contribution in [-0.4, -0.2) is 52.2 Å². The molecule has 0 aliphatic heterocycles. The van der Waals surface area contributed by atoms with Crippen molar-refractivity contribution in [3.05, 3.63) is 18.3 Å². The molecule has 2 aromatic heterocycles. The topological polar surface area (TPSA) is 68.4 Å². The molecule has 2 heterocycles. The zero-order valence-corrected chi connectivity index (χ0v) is 9.32. The molecular formula is C9H12N6O. The van der Waals surface area contributed by atoms with Gasteiger partial charge in [-0.05, 0) is 22.2 Å². The summed E-state index contributed by atoms with van der Waals surface area (Å²) in [6.45, 7) is 0. The van der Waals surface area contributed by atoms with E-state index >= 15 is 0 Å². The Balaban J connectivity index is 2.34. The zero-order valence-electron chi connectivity index (χ0n) is 9.32. The molecule has 0 amide bonds. The number of rotatable bonds is 1. The highest BCUT2D eigenvalue weighted by molar-refractivity contribution is 5.75. The number of nitrogens with zero attached hydrogens (tertiary/aromatic N) is 6. The van der Waals surface area contributed by atoms with Crippen LogP contribution in [0.1, 0.15) is 0 Å². The van der Waals surface area contributed by atoms with Crippen LogP contribution in [-0.2, 0) is 0 Å². The first-order valence-electron chi connectivity index (χ1n) is 4.71. The second-order valence-electron chi connectivity index (χ2n) is 3.30. The van der Waals surface area contributed by atoms with E-state index in [0.717, 1.165) is 0 Å². The zero-order chi connectivity index (χ0) is 11.5. The molecular weight excluding hydrogens is 208 g/mol. The smallest absolute Gasteiger partial charge is 0.316 e. The molecule has 0 aliphatic carbocycles. The molecule has 2 rings (SSSR count). The van der Waals surface area contributed by atoms with Crippen LogP contribution < -0.4 is 4.84 Å². The number of amidine groups is 1. The van der Waals surface area contributed by atoms with Crippen molar-refractivity contribution in [2.24, 2.45) is 4.99 Å². The van der Waals surface area contributed by atoms with Gasteiger partial charge in [-0.2, -0.15) is 0 Å². The van der Waals surface area contributed by atoms with Gasteiger partial charge in [-0.1, -0.05) is 0 Å². The second-order valence-corrected chi connectivity index (χ2v) is 3.30. The van der Waals surface area contributed by atoms with E-state index in [1.807, 2.05) is 20.2 Å². The number of pyridine rings is 1. The van der Waals surface area contributed by atoms with E-state index in [9.17, 15) is 0 Å². The van der Waals surface area contributed by atoms with E-state index in [1.165, 1.54) is 4.85 Å². The SMILES string of the molecule is C/N=C(/On1nnc2cccnc21)N(C)C. The van der Waals surface area contributed by atoms with E-state index in [2.05, 4.69) is 20.3 Å². The summed E-state index contributed by atoms with van der Waals surface area (Å²) >= 11 is 0. The number of hydrogen-bond acceptors (Lipinski definition) is 5. The van der Waals surface area contributed by atoms with Crippen LogP contribution in [0.15, 0.2) is 23.3 Å². The van der Waals surface area contributed by atoms with Gasteiger partial charge in [-0.15, -0.1) is 5.10 Å². The van der Waals surface area contributed by atoms with Crippen molar-refractivity contribution < 1.29 is 4.84 Å². The molecule has 16 heavy (non-hydrogen) atoms. The summed E-state index contributed by atoms with van der Waals surface area (Å²) in [6.07, 6.45) is 1.66. The highest BCUT2D eigenvalue weighted by Gasteiger charge is 2.10. The van der Waals surface area contributed by atoms with E-state index in [-0.39, 0.29) is 0 Å². The molecule has 0 aliphatic rings. The molecule has 0 saturated carbocycles. The standard InChI is InChI=1S/C9H12N6O/c1-10-9(14(2)3)16-15-8-7(12-13-15)5-4-6-11-8/h4-6H,1-3H3/b10-9+. The molecule has 0 aromatic carbocycles. The van der Waals surface area contributed by atoms with Crippen LogP contribution in [0.25, 0.3) is 11.2 Å². The normalized spacial score (nSPS) is 11.8. The number of aromatic nitrogens is 4. The summed E-state index contributed by atoms with van der Waals surface area (Å²) in [5.74, 6) is 0. The average Bonchev–Trinajstić information content (AvgIpc) is 2.69. The van der Waals surface area contributed by atoms with Gasteiger partial charge in [0.1, 0.15) is 5.52 Å². The minimum Gasteiger partial charge on any atom is -0.331 e. The quantitative estimate of drug-likeness (QED) is 0.492. The highest BCUT2D eigenvalue weighted by Crippen LogP contribution is 2.04. The number of fused-ring (bicyclic) bond motifs is 1. The number of aliphatic imine (C=N–C) groups is 1. The third-order valence-corrected chi connectivity index (χ3v) is 1.92. The molecule has 84 valence electrons.